The Morgan fingerprint density at radius 3 is 2.54 bits per heavy atom. The minimum absolute atomic E-state index is 0.0371. The van der Waals surface area contributed by atoms with Crippen LogP contribution in [-0.2, 0) is 16.1 Å². The number of carbonyl (C=O) groups excluding carboxylic acids is 3. The molecule has 0 aliphatic carbocycles. The number of benzene rings is 1. The number of halogens is 1. The Balaban J connectivity index is 1.90. The lowest BCUT2D eigenvalue weighted by Crippen LogP contribution is -2.52. The van der Waals surface area contributed by atoms with E-state index in [9.17, 15) is 18.8 Å². The van der Waals surface area contributed by atoms with Gasteiger partial charge in [0.15, 0.2) is 0 Å². The third-order valence-corrected chi connectivity index (χ3v) is 5.13. The summed E-state index contributed by atoms with van der Waals surface area (Å²) in [5, 5.41) is 2.26. The van der Waals surface area contributed by atoms with Gasteiger partial charge in [-0.05, 0) is 35.4 Å². The molecule has 0 aromatic heterocycles. The van der Waals surface area contributed by atoms with Crippen molar-refractivity contribution >= 4 is 17.7 Å². The van der Waals surface area contributed by atoms with Crippen LogP contribution in [-0.4, -0.2) is 28.7 Å². The first-order chi connectivity index (χ1) is 11.3. The molecular formula is C18H21FN2O3. The van der Waals surface area contributed by atoms with Crippen LogP contribution in [0, 0.1) is 11.7 Å². The standard InChI is InChI=1S/C18H21FN2O3/c1-9(2)10(3)12-6-11-8-21(18(24)13(11)7-14(12)19)15-4-5-16(22)20-17(15)23/h6-7,9-10,15H,4-5,8H2,1-3H3,(H,20,22,23)/t10?,15-/m0/s1. The van der Waals surface area contributed by atoms with E-state index in [1.807, 2.05) is 20.8 Å². The van der Waals surface area contributed by atoms with Crippen LogP contribution in [0.1, 0.15) is 61.0 Å². The number of amides is 3. The van der Waals surface area contributed by atoms with Gasteiger partial charge in [0, 0.05) is 18.5 Å². The zero-order valence-electron chi connectivity index (χ0n) is 14.1. The van der Waals surface area contributed by atoms with Gasteiger partial charge in [-0.1, -0.05) is 26.8 Å². The molecule has 2 aliphatic heterocycles. The summed E-state index contributed by atoms with van der Waals surface area (Å²) in [6.45, 7) is 6.29. The van der Waals surface area contributed by atoms with Crippen LogP contribution in [0.4, 0.5) is 4.39 Å². The van der Waals surface area contributed by atoms with Crippen molar-refractivity contribution in [3.63, 3.8) is 0 Å². The third-order valence-electron chi connectivity index (χ3n) is 5.13. The maximum Gasteiger partial charge on any atom is 0.255 e. The molecule has 2 atom stereocenters. The Bertz CT molecular complexity index is 729. The molecule has 1 aromatic carbocycles. The fraction of sp³-hybridized carbons (Fsp3) is 0.500. The van der Waals surface area contributed by atoms with Gasteiger partial charge in [0.25, 0.3) is 5.91 Å². The summed E-state index contributed by atoms with van der Waals surface area (Å²) in [6, 6.07) is 2.37. The summed E-state index contributed by atoms with van der Waals surface area (Å²) in [5.41, 5.74) is 1.66. The van der Waals surface area contributed by atoms with Crippen LogP contribution in [0.25, 0.3) is 0 Å². The van der Waals surface area contributed by atoms with Gasteiger partial charge in [-0.3, -0.25) is 19.7 Å². The molecule has 3 amide bonds. The molecule has 1 saturated heterocycles. The third kappa shape index (κ3) is 2.70. The molecule has 1 unspecified atom stereocenters. The zero-order valence-corrected chi connectivity index (χ0v) is 14.1. The first-order valence-electron chi connectivity index (χ1n) is 8.26. The second-order valence-corrected chi connectivity index (χ2v) is 6.96. The van der Waals surface area contributed by atoms with Gasteiger partial charge < -0.3 is 4.90 Å². The number of nitrogens with one attached hydrogen (secondary N) is 1. The summed E-state index contributed by atoms with van der Waals surface area (Å²) >= 11 is 0. The van der Waals surface area contributed by atoms with Crippen LogP contribution in [0.15, 0.2) is 12.1 Å². The minimum Gasteiger partial charge on any atom is -0.322 e. The number of carbonyl (C=O) groups is 3. The molecule has 1 fully saturated rings. The maximum atomic E-state index is 14.4. The molecule has 0 bridgehead atoms. The predicted molar refractivity (Wildman–Crippen MR) is 85.7 cm³/mol. The van der Waals surface area contributed by atoms with Gasteiger partial charge in [0.1, 0.15) is 11.9 Å². The van der Waals surface area contributed by atoms with Crippen LogP contribution >= 0.6 is 0 Å². The average Bonchev–Trinajstić information content (AvgIpc) is 2.82. The second-order valence-electron chi connectivity index (χ2n) is 6.96. The highest BCUT2D eigenvalue weighted by Gasteiger charge is 2.39. The normalized spacial score (nSPS) is 22.0. The van der Waals surface area contributed by atoms with Gasteiger partial charge in [-0.2, -0.15) is 0 Å². The lowest BCUT2D eigenvalue weighted by atomic mass is 9.88. The zero-order chi connectivity index (χ0) is 17.6. The number of rotatable bonds is 3. The Hall–Kier alpha value is -2.24. The molecule has 0 saturated carbocycles. The van der Waals surface area contributed by atoms with E-state index in [4.69, 9.17) is 0 Å². The summed E-state index contributed by atoms with van der Waals surface area (Å²) in [6.07, 6.45) is 0.517. The summed E-state index contributed by atoms with van der Waals surface area (Å²) in [5.74, 6) is -1.19. The van der Waals surface area contributed by atoms with Crippen molar-refractivity contribution in [2.24, 2.45) is 5.92 Å². The summed E-state index contributed by atoms with van der Waals surface area (Å²) in [4.78, 5) is 37.3. The Labute approximate surface area is 140 Å². The number of piperidine rings is 1. The Morgan fingerprint density at radius 1 is 1.21 bits per heavy atom. The van der Waals surface area contributed by atoms with Crippen molar-refractivity contribution in [2.45, 2.75) is 52.1 Å². The number of nitrogens with zero attached hydrogens (tertiary/aromatic N) is 1. The van der Waals surface area contributed by atoms with E-state index in [1.54, 1.807) is 6.07 Å². The van der Waals surface area contributed by atoms with Gasteiger partial charge in [0.05, 0.1) is 0 Å². The van der Waals surface area contributed by atoms with Crippen LogP contribution < -0.4 is 5.32 Å². The van der Waals surface area contributed by atoms with Gasteiger partial charge >= 0.3 is 0 Å². The molecule has 2 heterocycles. The van der Waals surface area contributed by atoms with Crippen LogP contribution in [0.2, 0.25) is 0 Å². The molecule has 6 heteroatoms. The molecule has 3 rings (SSSR count). The lowest BCUT2D eigenvalue weighted by Gasteiger charge is -2.29. The minimum atomic E-state index is -0.670. The molecule has 1 aromatic rings. The number of hydrogen-bond donors (Lipinski definition) is 1. The molecule has 0 radical (unpaired) electrons. The van der Waals surface area contributed by atoms with Crippen LogP contribution in [0.5, 0.6) is 0 Å². The van der Waals surface area contributed by atoms with Crippen LogP contribution in [0.3, 0.4) is 0 Å². The highest BCUT2D eigenvalue weighted by molar-refractivity contribution is 6.05. The SMILES string of the molecule is CC(C)C(C)c1cc2c(cc1F)C(=O)N([C@H]1CCC(=O)NC1=O)C2. The lowest BCUT2D eigenvalue weighted by molar-refractivity contribution is -0.136. The van der Waals surface area contributed by atoms with Gasteiger partial charge in [-0.25, -0.2) is 4.39 Å². The largest absolute Gasteiger partial charge is 0.322 e. The number of hydrogen-bond acceptors (Lipinski definition) is 3. The Morgan fingerprint density at radius 2 is 1.92 bits per heavy atom. The predicted octanol–water partition coefficient (Wildman–Crippen LogP) is 2.35. The first-order valence-corrected chi connectivity index (χ1v) is 8.26. The van der Waals surface area contributed by atoms with E-state index in [0.717, 1.165) is 5.56 Å². The summed E-state index contributed by atoms with van der Waals surface area (Å²) < 4.78 is 14.4. The molecule has 128 valence electrons. The van der Waals surface area contributed by atoms with E-state index in [2.05, 4.69) is 5.32 Å². The molecular weight excluding hydrogens is 311 g/mol. The molecule has 1 N–H and O–H groups in total. The van der Waals surface area contributed by atoms with Crippen molar-refractivity contribution in [2.75, 3.05) is 0 Å². The Kier molecular flexibility index (Phi) is 4.15. The quantitative estimate of drug-likeness (QED) is 0.864. The van der Waals surface area contributed by atoms with Gasteiger partial charge in [-0.15, -0.1) is 0 Å². The second kappa shape index (κ2) is 6.00. The van der Waals surface area contributed by atoms with E-state index in [-0.39, 0.29) is 42.4 Å². The first kappa shape index (κ1) is 16.6. The van der Waals surface area contributed by atoms with E-state index < -0.39 is 11.9 Å². The fourth-order valence-corrected chi connectivity index (χ4v) is 3.32. The number of fused-ring (bicyclic) bond motifs is 1. The monoisotopic (exact) mass is 332 g/mol. The molecule has 2 aliphatic rings. The smallest absolute Gasteiger partial charge is 0.255 e. The van der Waals surface area contributed by atoms with Crippen molar-refractivity contribution < 1.29 is 18.8 Å². The van der Waals surface area contributed by atoms with Crippen molar-refractivity contribution in [3.05, 3.63) is 34.6 Å². The number of imide groups is 1. The van der Waals surface area contributed by atoms with Crippen molar-refractivity contribution in [1.29, 1.82) is 0 Å². The van der Waals surface area contributed by atoms with Crippen molar-refractivity contribution in [3.8, 4) is 0 Å². The highest BCUT2D eigenvalue weighted by Crippen LogP contribution is 2.33. The van der Waals surface area contributed by atoms with Crippen molar-refractivity contribution in [1.82, 2.24) is 10.2 Å². The fourth-order valence-electron chi connectivity index (χ4n) is 3.32. The highest BCUT2D eigenvalue weighted by atomic mass is 19.1. The molecule has 5 nitrogen and oxygen atoms in total. The summed E-state index contributed by atoms with van der Waals surface area (Å²) in [7, 11) is 0. The van der Waals surface area contributed by atoms with E-state index >= 15 is 0 Å². The van der Waals surface area contributed by atoms with E-state index in [0.29, 0.717) is 17.5 Å². The average molecular weight is 332 g/mol. The molecule has 0 spiro atoms. The van der Waals surface area contributed by atoms with Gasteiger partial charge in [0.2, 0.25) is 11.8 Å². The van der Waals surface area contributed by atoms with E-state index in [1.165, 1.54) is 11.0 Å². The maximum absolute atomic E-state index is 14.4. The molecule has 24 heavy (non-hydrogen) atoms. The topological polar surface area (TPSA) is 66.5 Å².